The standard InChI is InChI=1S/C8H9NO/c1-3-5-6-7-9-8(10)4-2/h2H,6-7H2,1H3,(H,9,10). The Labute approximate surface area is 61.0 Å². The maximum atomic E-state index is 10.4. The van der Waals surface area contributed by atoms with E-state index in [0.29, 0.717) is 13.0 Å². The lowest BCUT2D eigenvalue weighted by molar-refractivity contribution is -0.115. The summed E-state index contributed by atoms with van der Waals surface area (Å²) in [5, 5.41) is 2.49. The fourth-order valence-corrected chi connectivity index (χ4v) is 0.415. The van der Waals surface area contributed by atoms with E-state index < -0.39 is 0 Å². The van der Waals surface area contributed by atoms with E-state index in [-0.39, 0.29) is 5.91 Å². The third-order valence-electron chi connectivity index (χ3n) is 0.843. The number of hydrogen-bond donors (Lipinski definition) is 1. The zero-order chi connectivity index (χ0) is 7.82. The van der Waals surface area contributed by atoms with Gasteiger partial charge in [0.15, 0.2) is 0 Å². The van der Waals surface area contributed by atoms with Crippen molar-refractivity contribution in [3.8, 4) is 24.2 Å². The molecule has 2 nitrogen and oxygen atoms in total. The molecule has 0 aliphatic heterocycles. The molecule has 0 unspecified atom stereocenters. The number of terminal acetylenes is 1. The summed E-state index contributed by atoms with van der Waals surface area (Å²) in [5.41, 5.74) is 0. The van der Waals surface area contributed by atoms with Crippen molar-refractivity contribution in [2.24, 2.45) is 0 Å². The third-order valence-corrected chi connectivity index (χ3v) is 0.843. The lowest BCUT2D eigenvalue weighted by Crippen LogP contribution is -2.21. The number of nitrogens with one attached hydrogen (secondary N) is 1. The molecule has 0 saturated carbocycles. The van der Waals surface area contributed by atoms with Crippen LogP contribution in [0.1, 0.15) is 13.3 Å². The fraction of sp³-hybridized carbons (Fsp3) is 0.375. The van der Waals surface area contributed by atoms with Crippen molar-refractivity contribution in [3.05, 3.63) is 0 Å². The molecule has 0 aromatic heterocycles. The predicted octanol–water partition coefficient (Wildman–Crippen LogP) is 0.149. The number of rotatable bonds is 2. The van der Waals surface area contributed by atoms with E-state index in [1.807, 2.05) is 5.92 Å². The summed E-state index contributed by atoms with van der Waals surface area (Å²) in [7, 11) is 0. The lowest BCUT2D eigenvalue weighted by Gasteiger charge is -1.92. The molecule has 0 radical (unpaired) electrons. The Morgan fingerprint density at radius 2 is 2.40 bits per heavy atom. The van der Waals surface area contributed by atoms with Crippen LogP contribution in [0.2, 0.25) is 0 Å². The molecule has 0 saturated heterocycles. The zero-order valence-electron chi connectivity index (χ0n) is 5.90. The molecular formula is C8H9NO. The second kappa shape index (κ2) is 5.72. The monoisotopic (exact) mass is 135 g/mol. The quantitative estimate of drug-likeness (QED) is 0.424. The van der Waals surface area contributed by atoms with Gasteiger partial charge in [-0.25, -0.2) is 0 Å². The van der Waals surface area contributed by atoms with Crippen molar-refractivity contribution < 1.29 is 4.79 Å². The van der Waals surface area contributed by atoms with Gasteiger partial charge >= 0.3 is 0 Å². The molecule has 0 aliphatic rings. The lowest BCUT2D eigenvalue weighted by atomic mass is 10.4. The highest BCUT2D eigenvalue weighted by molar-refractivity contribution is 5.92. The fourth-order valence-electron chi connectivity index (χ4n) is 0.415. The maximum absolute atomic E-state index is 10.4. The molecule has 0 rings (SSSR count). The van der Waals surface area contributed by atoms with Crippen molar-refractivity contribution in [3.63, 3.8) is 0 Å². The number of carbonyl (C=O) groups excluding carboxylic acids is 1. The second-order valence-corrected chi connectivity index (χ2v) is 1.58. The summed E-state index contributed by atoms with van der Waals surface area (Å²) in [4.78, 5) is 10.4. The van der Waals surface area contributed by atoms with Gasteiger partial charge in [-0.05, 0) is 12.8 Å². The van der Waals surface area contributed by atoms with Gasteiger partial charge in [0.25, 0.3) is 5.91 Å². The molecular weight excluding hydrogens is 126 g/mol. The van der Waals surface area contributed by atoms with E-state index in [2.05, 4.69) is 17.2 Å². The molecule has 0 heterocycles. The Morgan fingerprint density at radius 3 is 2.90 bits per heavy atom. The van der Waals surface area contributed by atoms with Crippen LogP contribution in [0, 0.1) is 24.2 Å². The Kier molecular flexibility index (Phi) is 4.91. The van der Waals surface area contributed by atoms with Crippen LogP contribution in [0.3, 0.4) is 0 Å². The smallest absolute Gasteiger partial charge is 0.295 e. The van der Waals surface area contributed by atoms with Crippen LogP contribution in [0.4, 0.5) is 0 Å². The molecule has 0 aromatic rings. The molecule has 0 spiro atoms. The van der Waals surface area contributed by atoms with Gasteiger partial charge in [-0.1, -0.05) is 0 Å². The van der Waals surface area contributed by atoms with Crippen LogP contribution in [-0.2, 0) is 4.79 Å². The van der Waals surface area contributed by atoms with Crippen molar-refractivity contribution in [2.45, 2.75) is 13.3 Å². The van der Waals surface area contributed by atoms with Gasteiger partial charge in [-0.15, -0.1) is 18.3 Å². The van der Waals surface area contributed by atoms with Crippen LogP contribution in [0.5, 0.6) is 0 Å². The zero-order valence-corrected chi connectivity index (χ0v) is 5.90. The summed E-state index contributed by atoms with van der Waals surface area (Å²) in [6.07, 6.45) is 5.45. The molecule has 10 heavy (non-hydrogen) atoms. The maximum Gasteiger partial charge on any atom is 0.295 e. The molecule has 52 valence electrons. The van der Waals surface area contributed by atoms with Crippen LogP contribution in [-0.4, -0.2) is 12.5 Å². The minimum Gasteiger partial charge on any atom is -0.344 e. The van der Waals surface area contributed by atoms with Crippen molar-refractivity contribution in [1.29, 1.82) is 0 Å². The molecule has 0 fully saturated rings. The first-order valence-electron chi connectivity index (χ1n) is 2.95. The number of hydrogen-bond acceptors (Lipinski definition) is 1. The average Bonchev–Trinajstić information content (AvgIpc) is 1.98. The normalized spacial score (nSPS) is 6.80. The number of carbonyl (C=O) groups is 1. The average molecular weight is 135 g/mol. The van der Waals surface area contributed by atoms with E-state index in [1.54, 1.807) is 6.92 Å². The first kappa shape index (κ1) is 8.59. The molecule has 0 aromatic carbocycles. The molecule has 2 heteroatoms. The van der Waals surface area contributed by atoms with E-state index in [9.17, 15) is 4.79 Å². The van der Waals surface area contributed by atoms with Gasteiger partial charge < -0.3 is 5.32 Å². The van der Waals surface area contributed by atoms with Crippen LogP contribution >= 0.6 is 0 Å². The van der Waals surface area contributed by atoms with E-state index >= 15 is 0 Å². The minimum atomic E-state index is -0.377. The van der Waals surface area contributed by atoms with E-state index in [4.69, 9.17) is 6.42 Å². The van der Waals surface area contributed by atoms with Gasteiger partial charge in [0.1, 0.15) is 0 Å². The van der Waals surface area contributed by atoms with Crippen molar-refractivity contribution in [1.82, 2.24) is 5.32 Å². The highest BCUT2D eigenvalue weighted by Gasteiger charge is 1.89. The Hall–Kier alpha value is -1.41. The third kappa shape index (κ3) is 4.74. The first-order chi connectivity index (χ1) is 4.81. The molecule has 0 atom stereocenters. The summed E-state index contributed by atoms with van der Waals surface area (Å²) in [6, 6.07) is 0. The summed E-state index contributed by atoms with van der Waals surface area (Å²) >= 11 is 0. The second-order valence-electron chi connectivity index (χ2n) is 1.58. The predicted molar refractivity (Wildman–Crippen MR) is 39.9 cm³/mol. The topological polar surface area (TPSA) is 29.1 Å². The Bertz CT molecular complexity index is 202. The van der Waals surface area contributed by atoms with Crippen molar-refractivity contribution >= 4 is 5.91 Å². The van der Waals surface area contributed by atoms with E-state index in [0.717, 1.165) is 0 Å². The number of amides is 1. The molecule has 0 aliphatic carbocycles. The van der Waals surface area contributed by atoms with Gasteiger partial charge in [0, 0.05) is 13.0 Å². The van der Waals surface area contributed by atoms with Crippen LogP contribution < -0.4 is 5.32 Å². The van der Waals surface area contributed by atoms with Gasteiger partial charge in [0.05, 0.1) is 0 Å². The molecule has 1 amide bonds. The molecule has 0 bridgehead atoms. The highest BCUT2D eigenvalue weighted by atomic mass is 16.1. The van der Waals surface area contributed by atoms with E-state index in [1.165, 1.54) is 0 Å². The summed E-state index contributed by atoms with van der Waals surface area (Å²) in [6.45, 7) is 2.28. The highest BCUT2D eigenvalue weighted by Crippen LogP contribution is 1.70. The SMILES string of the molecule is C#CC(=O)NCCC#CC. The summed E-state index contributed by atoms with van der Waals surface area (Å²) in [5.74, 6) is 7.07. The Morgan fingerprint density at radius 1 is 1.70 bits per heavy atom. The summed E-state index contributed by atoms with van der Waals surface area (Å²) < 4.78 is 0. The van der Waals surface area contributed by atoms with Crippen LogP contribution in [0.15, 0.2) is 0 Å². The van der Waals surface area contributed by atoms with Gasteiger partial charge in [0.2, 0.25) is 0 Å². The molecule has 1 N–H and O–H groups in total. The van der Waals surface area contributed by atoms with Crippen LogP contribution in [0.25, 0.3) is 0 Å². The first-order valence-corrected chi connectivity index (χ1v) is 2.95. The van der Waals surface area contributed by atoms with Gasteiger partial charge in [-0.2, -0.15) is 0 Å². The largest absolute Gasteiger partial charge is 0.344 e. The minimum absolute atomic E-state index is 0.377. The Balaban J connectivity index is 3.28. The van der Waals surface area contributed by atoms with Crippen molar-refractivity contribution in [2.75, 3.05) is 6.54 Å². The van der Waals surface area contributed by atoms with Gasteiger partial charge in [-0.3, -0.25) is 4.79 Å².